The van der Waals surface area contributed by atoms with Crippen molar-refractivity contribution in [3.63, 3.8) is 0 Å². The number of hydrogen-bond donors (Lipinski definition) is 0. The fourth-order valence-electron chi connectivity index (χ4n) is 5.49. The highest BCUT2D eigenvalue weighted by atomic mass is 28.4. The Hall–Kier alpha value is -4.01. The SMILES string of the molecule is C/C=C(O[Si](C)(C)C)/C(C)=C/OCc1ccc2ccccc2c1-c1c(CO/C=C(C)/C(=C/C)O[Si](C)(C)C)ccc2ccccc12. The molecule has 46 heavy (non-hydrogen) atoms. The maximum absolute atomic E-state index is 6.31. The zero-order chi connectivity index (χ0) is 33.5. The molecule has 0 N–H and O–H groups in total. The second-order valence-electron chi connectivity index (χ2n) is 13.6. The fourth-order valence-corrected chi connectivity index (χ4v) is 7.36. The smallest absolute Gasteiger partial charge is 0.242 e. The Balaban J connectivity index is 1.78. The summed E-state index contributed by atoms with van der Waals surface area (Å²) in [5.41, 5.74) is 6.52. The van der Waals surface area contributed by atoms with E-state index < -0.39 is 16.6 Å². The summed E-state index contributed by atoms with van der Waals surface area (Å²) in [7, 11) is -3.50. The Morgan fingerprint density at radius 3 is 1.26 bits per heavy atom. The van der Waals surface area contributed by atoms with Gasteiger partial charge in [-0.15, -0.1) is 0 Å². The summed E-state index contributed by atoms with van der Waals surface area (Å²) in [5.74, 6) is 1.76. The topological polar surface area (TPSA) is 36.9 Å². The fraction of sp³-hybridized carbons (Fsp3) is 0.300. The maximum Gasteiger partial charge on any atom is 0.242 e. The highest BCUT2D eigenvalue weighted by molar-refractivity contribution is 6.70. The summed E-state index contributed by atoms with van der Waals surface area (Å²) >= 11 is 0. The van der Waals surface area contributed by atoms with Crippen LogP contribution in [0, 0.1) is 0 Å². The quantitative estimate of drug-likeness (QED) is 0.0819. The zero-order valence-corrected chi connectivity index (χ0v) is 31.3. The number of hydrogen-bond acceptors (Lipinski definition) is 4. The van der Waals surface area contributed by atoms with Crippen molar-refractivity contribution in [2.75, 3.05) is 0 Å². The third-order valence-corrected chi connectivity index (χ3v) is 9.08. The number of rotatable bonds is 13. The Morgan fingerprint density at radius 2 is 0.913 bits per heavy atom. The van der Waals surface area contributed by atoms with E-state index in [4.69, 9.17) is 18.3 Å². The lowest BCUT2D eigenvalue weighted by Gasteiger charge is -2.22. The third-order valence-electron chi connectivity index (χ3n) is 7.41. The van der Waals surface area contributed by atoms with Crippen LogP contribution in [-0.4, -0.2) is 16.6 Å². The van der Waals surface area contributed by atoms with Crippen molar-refractivity contribution in [3.8, 4) is 11.1 Å². The van der Waals surface area contributed by atoms with E-state index >= 15 is 0 Å². The van der Waals surface area contributed by atoms with Crippen molar-refractivity contribution in [2.24, 2.45) is 0 Å². The average Bonchev–Trinajstić information content (AvgIpc) is 3.01. The molecule has 0 aromatic heterocycles. The van der Waals surface area contributed by atoms with Gasteiger partial charge in [0.1, 0.15) is 24.7 Å². The third kappa shape index (κ3) is 9.05. The van der Waals surface area contributed by atoms with Gasteiger partial charge < -0.3 is 18.3 Å². The van der Waals surface area contributed by atoms with Gasteiger partial charge in [0, 0.05) is 11.1 Å². The van der Waals surface area contributed by atoms with Crippen LogP contribution in [0.15, 0.2) is 120 Å². The Kier molecular flexibility index (Phi) is 11.4. The molecule has 0 saturated carbocycles. The summed E-state index contributed by atoms with van der Waals surface area (Å²) in [6.45, 7) is 22.1. The monoisotopic (exact) mass is 650 g/mol. The van der Waals surface area contributed by atoms with E-state index in [2.05, 4.69) is 112 Å². The predicted octanol–water partition coefficient (Wildman–Crippen LogP) is 12.0. The standard InChI is InChI=1S/C40H50O4Si2/c1-11-37(43-45(5,6)7)29(3)25-41-27-33-23-21-31-17-13-15-19-35(31)39(33)40-34(24-22-32-18-14-16-20-36(32)40)28-42-26-30(4)38(12-2)44-46(8,9)10/h11-26H,27-28H2,1-10H3/b29-25+,30-26+,37-11-,38-12-. The maximum atomic E-state index is 6.31. The number of ether oxygens (including phenoxy) is 2. The first-order valence-electron chi connectivity index (χ1n) is 16.1. The Bertz CT molecular complexity index is 1670. The van der Waals surface area contributed by atoms with Gasteiger partial charge in [0.15, 0.2) is 0 Å². The zero-order valence-electron chi connectivity index (χ0n) is 29.3. The molecule has 0 fully saturated rings. The minimum Gasteiger partial charge on any atom is -0.544 e. The molecule has 0 bridgehead atoms. The van der Waals surface area contributed by atoms with Crippen LogP contribution >= 0.6 is 0 Å². The molecule has 0 aliphatic rings. The molecular formula is C40H50O4Si2. The number of allylic oxidation sites excluding steroid dienone is 4. The second kappa shape index (κ2) is 15.1. The minimum absolute atomic E-state index is 0.419. The summed E-state index contributed by atoms with van der Waals surface area (Å²) < 4.78 is 25.2. The van der Waals surface area contributed by atoms with E-state index in [9.17, 15) is 0 Å². The molecular weight excluding hydrogens is 601 g/mol. The van der Waals surface area contributed by atoms with E-state index in [0.717, 1.165) is 33.8 Å². The van der Waals surface area contributed by atoms with Crippen molar-refractivity contribution in [2.45, 2.75) is 80.2 Å². The van der Waals surface area contributed by atoms with Gasteiger partial charge in [-0.05, 0) is 123 Å². The molecule has 4 aromatic carbocycles. The number of benzene rings is 4. The molecule has 4 rings (SSSR count). The molecule has 0 spiro atoms. The molecule has 0 aliphatic heterocycles. The van der Waals surface area contributed by atoms with Crippen LogP contribution < -0.4 is 0 Å². The van der Waals surface area contributed by atoms with Gasteiger partial charge in [0.05, 0.1) is 12.5 Å². The van der Waals surface area contributed by atoms with Crippen LogP contribution in [0.5, 0.6) is 0 Å². The molecule has 0 aliphatic carbocycles. The molecule has 0 saturated heterocycles. The Morgan fingerprint density at radius 1 is 0.543 bits per heavy atom. The van der Waals surface area contributed by atoms with Gasteiger partial charge >= 0.3 is 0 Å². The van der Waals surface area contributed by atoms with E-state index in [-0.39, 0.29) is 0 Å². The summed E-state index contributed by atoms with van der Waals surface area (Å²) in [6, 6.07) is 25.9. The molecule has 4 aromatic rings. The number of fused-ring (bicyclic) bond motifs is 2. The van der Waals surface area contributed by atoms with Crippen molar-refractivity contribution in [1.82, 2.24) is 0 Å². The van der Waals surface area contributed by atoms with Crippen LogP contribution in [0.3, 0.4) is 0 Å². The van der Waals surface area contributed by atoms with Gasteiger partial charge in [-0.1, -0.05) is 72.8 Å². The van der Waals surface area contributed by atoms with Gasteiger partial charge in [-0.2, -0.15) is 0 Å². The molecule has 6 heteroatoms. The summed E-state index contributed by atoms with van der Waals surface area (Å²) in [5, 5.41) is 4.74. The molecule has 0 atom stereocenters. The second-order valence-corrected chi connectivity index (χ2v) is 22.5. The van der Waals surface area contributed by atoms with Gasteiger partial charge in [-0.25, -0.2) is 0 Å². The minimum atomic E-state index is -1.75. The van der Waals surface area contributed by atoms with E-state index in [1.54, 1.807) is 0 Å². The first kappa shape index (κ1) is 34.9. The normalized spacial score (nSPS) is 13.7. The van der Waals surface area contributed by atoms with Crippen molar-refractivity contribution in [1.29, 1.82) is 0 Å². The summed E-state index contributed by atoms with van der Waals surface area (Å²) in [4.78, 5) is 0. The molecule has 0 radical (unpaired) electrons. The van der Waals surface area contributed by atoms with Crippen LogP contribution in [0.25, 0.3) is 32.7 Å². The summed E-state index contributed by atoms with van der Waals surface area (Å²) in [6.07, 6.45) is 7.70. The lowest BCUT2D eigenvalue weighted by molar-refractivity contribution is 0.231. The van der Waals surface area contributed by atoms with E-state index in [0.29, 0.717) is 13.2 Å². The van der Waals surface area contributed by atoms with Crippen LogP contribution in [0.1, 0.15) is 38.8 Å². The molecule has 4 nitrogen and oxygen atoms in total. The molecule has 0 heterocycles. The van der Waals surface area contributed by atoms with Crippen LogP contribution in [0.2, 0.25) is 39.3 Å². The van der Waals surface area contributed by atoms with Gasteiger partial charge in [0.25, 0.3) is 0 Å². The Labute approximate surface area is 278 Å². The molecule has 0 unspecified atom stereocenters. The van der Waals surface area contributed by atoms with E-state index in [1.165, 1.54) is 32.7 Å². The average molecular weight is 651 g/mol. The predicted molar refractivity (Wildman–Crippen MR) is 200 cm³/mol. The van der Waals surface area contributed by atoms with E-state index in [1.807, 2.05) is 52.4 Å². The van der Waals surface area contributed by atoms with Crippen molar-refractivity contribution < 1.29 is 18.3 Å². The lowest BCUT2D eigenvalue weighted by Crippen LogP contribution is -2.25. The molecule has 0 amide bonds. The van der Waals surface area contributed by atoms with Gasteiger partial charge in [0.2, 0.25) is 16.6 Å². The van der Waals surface area contributed by atoms with Crippen LogP contribution in [-0.2, 0) is 31.5 Å². The lowest BCUT2D eigenvalue weighted by atomic mass is 9.87. The van der Waals surface area contributed by atoms with Crippen molar-refractivity contribution >= 4 is 38.2 Å². The largest absolute Gasteiger partial charge is 0.544 e. The van der Waals surface area contributed by atoms with Crippen molar-refractivity contribution in [3.05, 3.63) is 131 Å². The van der Waals surface area contributed by atoms with Crippen LogP contribution in [0.4, 0.5) is 0 Å². The molecule has 242 valence electrons. The first-order chi connectivity index (χ1) is 21.8. The highest BCUT2D eigenvalue weighted by Gasteiger charge is 2.20. The first-order valence-corrected chi connectivity index (χ1v) is 22.9. The highest BCUT2D eigenvalue weighted by Crippen LogP contribution is 2.40. The van der Waals surface area contributed by atoms with Gasteiger partial charge in [-0.3, -0.25) is 0 Å².